The number of hydrogen-bond donors (Lipinski definition) is 0. The lowest BCUT2D eigenvalue weighted by Crippen LogP contribution is -2.25. The highest BCUT2D eigenvalue weighted by Gasteiger charge is 2.15. The third-order valence-electron chi connectivity index (χ3n) is 14.0. The maximum atomic E-state index is 4.40. The van der Waals surface area contributed by atoms with Crippen LogP contribution in [-0.2, 0) is 0 Å². The topological polar surface area (TPSA) is 119 Å². The Balaban J connectivity index is 0.000000490. The van der Waals surface area contributed by atoms with Gasteiger partial charge < -0.3 is 4.90 Å². The van der Waals surface area contributed by atoms with Crippen molar-refractivity contribution in [2.75, 3.05) is 0 Å². The van der Waals surface area contributed by atoms with Crippen molar-refractivity contribution < 1.29 is 0 Å². The van der Waals surface area contributed by atoms with Gasteiger partial charge in [-0.15, -0.1) is 0 Å². The maximum absolute atomic E-state index is 4.40. The van der Waals surface area contributed by atoms with Gasteiger partial charge in [-0.05, 0) is 174 Å². The molecular formula is C74H116N10. The fourth-order valence-electron chi connectivity index (χ4n) is 9.40. The second-order valence-corrected chi connectivity index (χ2v) is 26.0. The first-order chi connectivity index (χ1) is 39.4. The van der Waals surface area contributed by atoms with E-state index in [1.165, 1.54) is 61.6 Å². The Bertz CT molecular complexity index is 2250. The molecule has 0 atom stereocenters. The fourth-order valence-corrected chi connectivity index (χ4v) is 9.40. The van der Waals surface area contributed by atoms with Crippen molar-refractivity contribution >= 4 is 0 Å². The summed E-state index contributed by atoms with van der Waals surface area (Å²) in [4.78, 5) is 32.0. The van der Waals surface area contributed by atoms with Gasteiger partial charge in [-0.25, -0.2) is 9.97 Å². The van der Waals surface area contributed by atoms with Gasteiger partial charge >= 0.3 is 0 Å². The molecule has 6 aromatic rings. The van der Waals surface area contributed by atoms with E-state index in [0.29, 0.717) is 77.1 Å². The van der Waals surface area contributed by atoms with Crippen LogP contribution >= 0.6 is 0 Å². The van der Waals surface area contributed by atoms with Gasteiger partial charge in [-0.3, -0.25) is 24.9 Å². The highest BCUT2D eigenvalue weighted by atomic mass is 15.1. The van der Waals surface area contributed by atoms with Crippen LogP contribution in [0.4, 0.5) is 0 Å². The van der Waals surface area contributed by atoms with Crippen LogP contribution in [0.5, 0.6) is 0 Å². The average molecular weight is 1150 g/mol. The first-order valence-corrected chi connectivity index (χ1v) is 31.4. The lowest BCUT2D eigenvalue weighted by molar-refractivity contribution is 0.389. The zero-order valence-electron chi connectivity index (χ0n) is 57.9. The molecule has 10 heteroatoms. The van der Waals surface area contributed by atoms with Crippen LogP contribution in [0.15, 0.2) is 128 Å². The summed E-state index contributed by atoms with van der Waals surface area (Å²) in [5.74, 6) is 6.43. The lowest BCUT2D eigenvalue weighted by atomic mass is 9.93. The molecule has 0 bridgehead atoms. The van der Waals surface area contributed by atoms with Crippen molar-refractivity contribution in [3.8, 4) is 0 Å². The van der Waals surface area contributed by atoms with Crippen molar-refractivity contribution in [3.05, 3.63) is 196 Å². The molecule has 1 aliphatic heterocycles. The maximum Gasteiger partial charge on any atom is 0.115 e. The lowest BCUT2D eigenvalue weighted by Gasteiger charge is -2.28. The van der Waals surface area contributed by atoms with Gasteiger partial charge in [0.15, 0.2) is 0 Å². The number of rotatable bonds is 13. The second kappa shape index (κ2) is 39.3. The summed E-state index contributed by atoms with van der Waals surface area (Å²) in [7, 11) is 0. The van der Waals surface area contributed by atoms with E-state index in [4.69, 9.17) is 0 Å². The van der Waals surface area contributed by atoms with E-state index in [1.807, 2.05) is 43.2 Å². The van der Waals surface area contributed by atoms with Gasteiger partial charge in [0.2, 0.25) is 0 Å². The molecule has 7 rings (SSSR count). The highest BCUT2D eigenvalue weighted by Crippen LogP contribution is 2.28. The number of nitrogens with zero attached hydrogens (tertiary/aromatic N) is 10. The van der Waals surface area contributed by atoms with Gasteiger partial charge in [0.05, 0.1) is 17.1 Å². The molecule has 0 amide bonds. The molecule has 0 radical (unpaired) electrons. The summed E-state index contributed by atoms with van der Waals surface area (Å²) >= 11 is 0. The van der Waals surface area contributed by atoms with Crippen LogP contribution in [0.3, 0.4) is 0 Å². The number of allylic oxidation sites excluding steroid dienone is 4. The van der Waals surface area contributed by atoms with Gasteiger partial charge in [-0.1, -0.05) is 184 Å². The van der Waals surface area contributed by atoms with Crippen molar-refractivity contribution in [2.24, 2.45) is 0 Å². The monoisotopic (exact) mass is 1140 g/mol. The molecule has 0 N–H and O–H groups in total. The Morgan fingerprint density at radius 3 is 1.05 bits per heavy atom. The zero-order chi connectivity index (χ0) is 64.0. The Hall–Kier alpha value is -6.29. The minimum Gasteiger partial charge on any atom is -0.346 e. The molecule has 0 saturated heterocycles. The average Bonchev–Trinajstić information content (AvgIpc) is 3.62. The first kappa shape index (κ1) is 75.7. The zero-order valence-corrected chi connectivity index (χ0v) is 57.9. The number of pyridine rings is 3. The van der Waals surface area contributed by atoms with Crippen LogP contribution < -0.4 is 0 Å². The molecule has 0 aromatic carbocycles. The number of aromatic nitrogens is 9. The Morgan fingerprint density at radius 1 is 0.333 bits per heavy atom. The van der Waals surface area contributed by atoms with E-state index in [0.717, 1.165) is 17.1 Å². The molecule has 0 saturated carbocycles. The van der Waals surface area contributed by atoms with Gasteiger partial charge in [-0.2, -0.15) is 10.2 Å². The normalized spacial score (nSPS) is 11.9. The Morgan fingerprint density at radius 2 is 0.714 bits per heavy atom. The minimum atomic E-state index is 0.469. The molecule has 1 aliphatic rings. The molecule has 84 heavy (non-hydrogen) atoms. The van der Waals surface area contributed by atoms with Crippen molar-refractivity contribution in [1.82, 2.24) is 50.0 Å². The standard InChI is InChI=1S/4C11H17N.3C10H16N2/c2*1-8(2)10-5-6-12-7-11(10)9(3)4;1-9(2)11-7-5-6-8-12(11)10(3)4;1-8(2)10-6-5-7-12-11(10)9(3)4;1-7(2)9-5-11-6-12-10(9)8(3)4;1-7(2)9-10(8(3)4)12-6-5-11-9;1-7(2)9-5-6-11-12-10(9)8(3)4/h2*5-9H,1-4H3;5-8,10H,1-4H3;5-9H,1-4H3;3*5-8H,1-4H3. The van der Waals surface area contributed by atoms with E-state index in [1.54, 1.807) is 24.9 Å². The van der Waals surface area contributed by atoms with Crippen LogP contribution in [-0.4, -0.2) is 56.0 Å². The Labute approximate surface area is 514 Å². The summed E-state index contributed by atoms with van der Waals surface area (Å²) in [5.41, 5.74) is 18.1. The predicted molar refractivity (Wildman–Crippen MR) is 362 cm³/mol. The van der Waals surface area contributed by atoms with E-state index in [2.05, 4.69) is 293 Å². The summed E-state index contributed by atoms with van der Waals surface area (Å²) in [6.45, 7) is 61.2. The van der Waals surface area contributed by atoms with Crippen LogP contribution in [0.25, 0.3) is 0 Å². The van der Waals surface area contributed by atoms with Crippen LogP contribution in [0.1, 0.15) is 332 Å². The van der Waals surface area contributed by atoms with E-state index in [9.17, 15) is 0 Å². The third kappa shape index (κ3) is 26.3. The molecule has 462 valence electrons. The summed E-state index contributed by atoms with van der Waals surface area (Å²) in [6.07, 6.45) is 26.9. The van der Waals surface area contributed by atoms with E-state index >= 15 is 0 Å². The summed E-state index contributed by atoms with van der Waals surface area (Å²) in [5, 5.41) is 8.05. The third-order valence-corrected chi connectivity index (χ3v) is 14.0. The number of hydrogen-bond acceptors (Lipinski definition) is 10. The van der Waals surface area contributed by atoms with Gasteiger partial charge in [0.1, 0.15) is 6.33 Å². The SMILES string of the molecule is CC(C)=C1C=CC=CN1C(C)C.CC(C)c1cccnc1C(C)C.CC(C)c1ccncc1C(C)C.CC(C)c1ccncc1C(C)C.CC(C)c1ccnnc1C(C)C.CC(C)c1cncnc1C(C)C.CC(C)c1nccnc1C(C)C. The molecule has 0 aliphatic carbocycles. The Kier molecular flexibility index (Phi) is 35.5. The van der Waals surface area contributed by atoms with Crippen molar-refractivity contribution in [3.63, 3.8) is 0 Å². The van der Waals surface area contributed by atoms with Crippen molar-refractivity contribution in [1.29, 1.82) is 0 Å². The van der Waals surface area contributed by atoms with E-state index < -0.39 is 0 Å². The first-order valence-electron chi connectivity index (χ1n) is 31.4. The quantitative estimate of drug-likeness (QED) is 0.111. The molecule has 6 aromatic heterocycles. The molecular weight excluding hydrogens is 1030 g/mol. The summed E-state index contributed by atoms with van der Waals surface area (Å²) < 4.78 is 0. The van der Waals surface area contributed by atoms with Crippen molar-refractivity contribution in [2.45, 2.75) is 271 Å². The second-order valence-electron chi connectivity index (χ2n) is 26.0. The highest BCUT2D eigenvalue weighted by molar-refractivity contribution is 5.32. The molecule has 0 spiro atoms. The van der Waals surface area contributed by atoms with Gasteiger partial charge in [0, 0.05) is 85.1 Å². The largest absolute Gasteiger partial charge is 0.346 e. The fraction of sp³-hybridized carbons (Fsp3) is 0.554. The minimum absolute atomic E-state index is 0.469. The van der Waals surface area contributed by atoms with Crippen LogP contribution in [0, 0.1) is 0 Å². The molecule has 7 heterocycles. The van der Waals surface area contributed by atoms with E-state index in [-0.39, 0.29) is 0 Å². The van der Waals surface area contributed by atoms with Crippen LogP contribution in [0.2, 0.25) is 0 Å². The predicted octanol–water partition coefficient (Wildman–Crippen LogP) is 21.2. The molecule has 0 fully saturated rings. The molecule has 10 nitrogen and oxygen atoms in total. The van der Waals surface area contributed by atoms with Gasteiger partial charge in [0.25, 0.3) is 0 Å². The molecule has 0 unspecified atom stereocenters. The summed E-state index contributed by atoms with van der Waals surface area (Å²) in [6, 6.07) is 11.0. The smallest absolute Gasteiger partial charge is 0.115 e.